The molecule has 0 N–H and O–H groups in total. The van der Waals surface area contributed by atoms with Gasteiger partial charge in [-0.3, -0.25) is 4.79 Å². The van der Waals surface area contributed by atoms with E-state index in [1.807, 2.05) is 24.3 Å². The molecule has 1 amide bonds. The van der Waals surface area contributed by atoms with Gasteiger partial charge in [0.25, 0.3) is 5.91 Å². The first-order chi connectivity index (χ1) is 11.7. The van der Waals surface area contributed by atoms with Crippen molar-refractivity contribution in [2.75, 3.05) is 43.2 Å². The monoisotopic (exact) mass is 328 g/mol. The molecule has 1 heterocycles. The minimum Gasteiger partial charge on any atom is -0.383 e. The zero-order valence-electron chi connectivity index (χ0n) is 13.7. The van der Waals surface area contributed by atoms with Crippen LogP contribution in [0.5, 0.6) is 0 Å². The van der Waals surface area contributed by atoms with E-state index in [4.69, 9.17) is 4.74 Å². The topological polar surface area (TPSA) is 32.8 Å². The van der Waals surface area contributed by atoms with Gasteiger partial charge in [0.1, 0.15) is 5.82 Å². The maximum Gasteiger partial charge on any atom is 0.258 e. The van der Waals surface area contributed by atoms with Crippen molar-refractivity contribution in [2.24, 2.45) is 0 Å². The molecule has 0 aromatic heterocycles. The Morgan fingerprint density at radius 3 is 2.50 bits per heavy atom. The molecule has 0 aliphatic carbocycles. The summed E-state index contributed by atoms with van der Waals surface area (Å²) >= 11 is 0. The summed E-state index contributed by atoms with van der Waals surface area (Å²) in [6.07, 6.45) is 0.866. The normalized spacial score (nSPS) is 14.2. The lowest BCUT2D eigenvalue weighted by molar-refractivity contribution is 0.0987. The van der Waals surface area contributed by atoms with Crippen LogP contribution in [0.2, 0.25) is 0 Å². The third-order valence-corrected chi connectivity index (χ3v) is 4.22. The lowest BCUT2D eigenvalue weighted by atomic mass is 10.1. The van der Waals surface area contributed by atoms with Gasteiger partial charge >= 0.3 is 0 Å². The van der Waals surface area contributed by atoms with Gasteiger partial charge in [0.05, 0.1) is 18.0 Å². The van der Waals surface area contributed by atoms with E-state index in [-0.39, 0.29) is 11.7 Å². The van der Waals surface area contributed by atoms with Crippen LogP contribution in [0.1, 0.15) is 16.8 Å². The van der Waals surface area contributed by atoms with Crippen molar-refractivity contribution in [1.29, 1.82) is 0 Å². The first kappa shape index (κ1) is 16.5. The second kappa shape index (κ2) is 7.45. The Morgan fingerprint density at radius 2 is 1.79 bits per heavy atom. The average molecular weight is 328 g/mol. The first-order valence-corrected chi connectivity index (χ1v) is 8.11. The van der Waals surface area contributed by atoms with Crippen LogP contribution < -0.4 is 9.80 Å². The van der Waals surface area contributed by atoms with Crippen LogP contribution in [0, 0.1) is 5.82 Å². The molecular weight excluding hydrogens is 307 g/mol. The van der Waals surface area contributed by atoms with Gasteiger partial charge in [-0.25, -0.2) is 4.39 Å². The summed E-state index contributed by atoms with van der Waals surface area (Å²) in [5.74, 6) is -0.440. The van der Waals surface area contributed by atoms with E-state index in [9.17, 15) is 9.18 Å². The average Bonchev–Trinajstić information content (AvgIpc) is 2.79. The van der Waals surface area contributed by atoms with Crippen LogP contribution >= 0.6 is 0 Å². The summed E-state index contributed by atoms with van der Waals surface area (Å²) in [6, 6.07) is 13.6. The van der Waals surface area contributed by atoms with Gasteiger partial charge < -0.3 is 14.5 Å². The second-order valence-electron chi connectivity index (χ2n) is 5.79. The Hall–Kier alpha value is -2.40. The molecule has 0 radical (unpaired) electrons. The molecule has 0 atom stereocenters. The number of ether oxygens (including phenoxy) is 1. The number of methoxy groups -OCH3 is 1. The summed E-state index contributed by atoms with van der Waals surface area (Å²) in [5, 5.41) is 0. The van der Waals surface area contributed by atoms with Gasteiger partial charge in [-0.2, -0.15) is 0 Å². The van der Waals surface area contributed by atoms with Gasteiger partial charge in [0.15, 0.2) is 0 Å². The maximum atomic E-state index is 13.1. The SMILES string of the molecule is COCCN1CCCN(C(=O)c2ccc(F)cc2)c2ccccc21. The van der Waals surface area contributed by atoms with Crippen LogP contribution in [0.15, 0.2) is 48.5 Å². The predicted octanol–water partition coefficient (Wildman–Crippen LogP) is 3.33. The van der Waals surface area contributed by atoms with Gasteiger partial charge in [0.2, 0.25) is 0 Å². The van der Waals surface area contributed by atoms with Crippen LogP contribution in [-0.2, 0) is 4.74 Å². The number of hydrogen-bond donors (Lipinski definition) is 0. The Balaban J connectivity index is 1.93. The fourth-order valence-electron chi connectivity index (χ4n) is 3.01. The van der Waals surface area contributed by atoms with E-state index in [1.54, 1.807) is 12.0 Å². The smallest absolute Gasteiger partial charge is 0.258 e. The Kier molecular flexibility index (Phi) is 5.11. The van der Waals surface area contributed by atoms with Gasteiger partial charge in [-0.1, -0.05) is 12.1 Å². The number of rotatable bonds is 4. The fourth-order valence-corrected chi connectivity index (χ4v) is 3.01. The first-order valence-electron chi connectivity index (χ1n) is 8.11. The van der Waals surface area contributed by atoms with Crippen LogP contribution in [0.3, 0.4) is 0 Å². The Morgan fingerprint density at radius 1 is 1.08 bits per heavy atom. The number of carbonyl (C=O) groups excluding carboxylic acids is 1. The third-order valence-electron chi connectivity index (χ3n) is 4.22. The molecule has 0 spiro atoms. The second-order valence-corrected chi connectivity index (χ2v) is 5.79. The van der Waals surface area contributed by atoms with Gasteiger partial charge in [-0.05, 0) is 42.8 Å². The molecule has 0 fully saturated rings. The lowest BCUT2D eigenvalue weighted by Gasteiger charge is -2.26. The van der Waals surface area contributed by atoms with Crippen molar-refractivity contribution in [2.45, 2.75) is 6.42 Å². The van der Waals surface area contributed by atoms with Crippen molar-refractivity contribution in [3.63, 3.8) is 0 Å². The molecule has 5 heteroatoms. The third kappa shape index (κ3) is 3.41. The molecule has 0 unspecified atom stereocenters. The molecule has 1 aliphatic rings. The molecule has 3 rings (SSSR count). The highest BCUT2D eigenvalue weighted by atomic mass is 19.1. The highest BCUT2D eigenvalue weighted by molar-refractivity contribution is 6.08. The number of carbonyl (C=O) groups is 1. The summed E-state index contributed by atoms with van der Waals surface area (Å²) in [4.78, 5) is 16.9. The number of anilines is 2. The van der Waals surface area contributed by atoms with Gasteiger partial charge in [-0.15, -0.1) is 0 Å². The van der Waals surface area contributed by atoms with Crippen LogP contribution in [0.25, 0.3) is 0 Å². The maximum absolute atomic E-state index is 13.1. The Labute approximate surface area is 141 Å². The van der Waals surface area contributed by atoms with Crippen molar-refractivity contribution >= 4 is 17.3 Å². The summed E-state index contributed by atoms with van der Waals surface area (Å²) in [5.41, 5.74) is 2.42. The number of amides is 1. The van der Waals surface area contributed by atoms with Crippen molar-refractivity contribution < 1.29 is 13.9 Å². The molecule has 4 nitrogen and oxygen atoms in total. The highest BCUT2D eigenvalue weighted by Crippen LogP contribution is 2.33. The molecule has 0 bridgehead atoms. The van der Waals surface area contributed by atoms with E-state index < -0.39 is 0 Å². The van der Waals surface area contributed by atoms with Crippen molar-refractivity contribution in [1.82, 2.24) is 0 Å². The Bertz CT molecular complexity index is 703. The zero-order valence-corrected chi connectivity index (χ0v) is 13.7. The molecule has 0 saturated heterocycles. The molecule has 126 valence electrons. The van der Waals surface area contributed by atoms with E-state index in [2.05, 4.69) is 4.90 Å². The summed E-state index contributed by atoms with van der Waals surface area (Å²) in [6.45, 7) is 2.93. The lowest BCUT2D eigenvalue weighted by Crippen LogP contribution is -2.31. The summed E-state index contributed by atoms with van der Waals surface area (Å²) < 4.78 is 18.3. The molecule has 24 heavy (non-hydrogen) atoms. The van der Waals surface area contributed by atoms with Crippen LogP contribution in [0.4, 0.5) is 15.8 Å². The molecule has 0 saturated carbocycles. The van der Waals surface area contributed by atoms with E-state index in [0.29, 0.717) is 18.7 Å². The number of benzene rings is 2. The van der Waals surface area contributed by atoms with Crippen molar-refractivity contribution in [3.05, 3.63) is 59.9 Å². The fraction of sp³-hybridized carbons (Fsp3) is 0.316. The van der Waals surface area contributed by atoms with Gasteiger partial charge in [0, 0.05) is 32.3 Å². The quantitative estimate of drug-likeness (QED) is 0.863. The number of fused-ring (bicyclic) bond motifs is 1. The zero-order chi connectivity index (χ0) is 16.9. The number of nitrogens with zero attached hydrogens (tertiary/aromatic N) is 2. The van der Waals surface area contributed by atoms with Crippen molar-refractivity contribution in [3.8, 4) is 0 Å². The predicted molar refractivity (Wildman–Crippen MR) is 93.2 cm³/mol. The minimum atomic E-state index is -0.339. The van der Waals surface area contributed by atoms with E-state index >= 15 is 0 Å². The molecule has 2 aromatic carbocycles. The van der Waals surface area contributed by atoms with Crippen LogP contribution in [-0.4, -0.2) is 39.3 Å². The molecule has 2 aromatic rings. The highest BCUT2D eigenvalue weighted by Gasteiger charge is 2.25. The molecular formula is C19H21FN2O2. The minimum absolute atomic E-state index is 0.101. The summed E-state index contributed by atoms with van der Waals surface area (Å²) in [7, 11) is 1.69. The standard InChI is InChI=1S/C19H21FN2O2/c1-24-14-13-21-11-4-12-22(18-6-3-2-5-17(18)21)19(23)15-7-9-16(20)10-8-15/h2-3,5-10H,4,11-14H2,1H3. The number of halogens is 1. The number of para-hydroxylation sites is 2. The van der Waals surface area contributed by atoms with E-state index in [1.165, 1.54) is 24.3 Å². The van der Waals surface area contributed by atoms with E-state index in [0.717, 1.165) is 30.9 Å². The molecule has 1 aliphatic heterocycles. The number of hydrogen-bond acceptors (Lipinski definition) is 3. The largest absolute Gasteiger partial charge is 0.383 e.